The molecule has 0 atom stereocenters. The minimum atomic E-state index is 0. The maximum absolute atomic E-state index is 4.85. The molecule has 0 unspecified atom stereocenters. The number of hydrogen-bond acceptors (Lipinski definition) is 2. The van der Waals surface area contributed by atoms with Gasteiger partial charge in [0.25, 0.3) is 0 Å². The fourth-order valence-corrected chi connectivity index (χ4v) is 2.64. The molecule has 30 heavy (non-hydrogen) atoms. The highest BCUT2D eigenvalue weighted by molar-refractivity contribution is 5.85. The minimum absolute atomic E-state index is 0. The number of nitrogens with two attached hydrogens (primary N) is 1. The van der Waals surface area contributed by atoms with Crippen molar-refractivity contribution in [3.05, 3.63) is 0 Å². The van der Waals surface area contributed by atoms with Crippen molar-refractivity contribution in [2.45, 2.75) is 153 Å². The molecule has 2 saturated carbocycles. The van der Waals surface area contributed by atoms with E-state index in [-0.39, 0.29) is 24.0 Å². The molecule has 0 aliphatic heterocycles. The average Bonchev–Trinajstić information content (AvgIpc) is 3.26. The highest BCUT2D eigenvalue weighted by Crippen LogP contribution is 2.38. The summed E-state index contributed by atoms with van der Waals surface area (Å²) in [6, 6.07) is 0. The number of rotatable bonds is 2. The lowest BCUT2D eigenvalue weighted by Gasteiger charge is -2.32. The Kier molecular flexibility index (Phi) is 68.7. The van der Waals surface area contributed by atoms with Crippen molar-refractivity contribution in [3.8, 4) is 0 Å². The predicted molar refractivity (Wildman–Crippen MR) is 148 cm³/mol. The normalized spacial score (nSPS) is 14.8. The third-order valence-electron chi connectivity index (χ3n) is 4.98. The lowest BCUT2D eigenvalue weighted by Crippen LogP contribution is -2.18. The van der Waals surface area contributed by atoms with Crippen LogP contribution in [0.4, 0.5) is 0 Å². The van der Waals surface area contributed by atoms with Crippen LogP contribution >= 0.6 is 12.4 Å². The summed E-state index contributed by atoms with van der Waals surface area (Å²) in [5.74, 6) is 0.884. The second-order valence-corrected chi connectivity index (χ2v) is 8.41. The van der Waals surface area contributed by atoms with E-state index in [0.29, 0.717) is 0 Å². The molecule has 194 valence electrons. The number of hydrogen-bond donors (Lipinski definition) is 2. The molecule has 2 aliphatic rings. The van der Waals surface area contributed by atoms with Gasteiger partial charge in [0.05, 0.1) is 0 Å². The van der Waals surface area contributed by atoms with Crippen LogP contribution in [0.3, 0.4) is 0 Å². The van der Waals surface area contributed by atoms with Gasteiger partial charge in [0.15, 0.2) is 0 Å². The molecular formula is C26H67ClN2O. The largest absolute Gasteiger partial charge is 0.412 e. The van der Waals surface area contributed by atoms with Crippen molar-refractivity contribution in [3.63, 3.8) is 0 Å². The molecule has 4 heteroatoms. The SMILES string of the molecule is C1CCCC1.CC.CCC.CCC(C)C.CCC1(C)CCCCC1.CCN.Cl.N.O. The first-order chi connectivity index (χ1) is 12.9. The van der Waals surface area contributed by atoms with E-state index < -0.39 is 0 Å². The monoisotopic (exact) mass is 458 g/mol. The van der Waals surface area contributed by atoms with Crippen LogP contribution in [-0.4, -0.2) is 12.0 Å². The van der Waals surface area contributed by atoms with Crippen LogP contribution in [0.25, 0.3) is 0 Å². The molecule has 2 rings (SSSR count). The van der Waals surface area contributed by atoms with Crippen LogP contribution in [0.2, 0.25) is 0 Å². The van der Waals surface area contributed by atoms with Gasteiger partial charge in [-0.2, -0.15) is 0 Å². The Hall–Kier alpha value is 0.170. The maximum Gasteiger partial charge on any atom is -0.0106 e. The van der Waals surface area contributed by atoms with Crippen molar-refractivity contribution >= 4 is 12.4 Å². The smallest absolute Gasteiger partial charge is 0.0106 e. The van der Waals surface area contributed by atoms with Gasteiger partial charge in [-0.05, 0) is 30.7 Å². The quantitative estimate of drug-likeness (QED) is 0.430. The van der Waals surface area contributed by atoms with Crippen molar-refractivity contribution < 1.29 is 5.48 Å². The molecule has 3 nitrogen and oxygen atoms in total. The zero-order chi connectivity index (χ0) is 22.0. The van der Waals surface area contributed by atoms with E-state index in [1.54, 1.807) is 0 Å². The lowest BCUT2D eigenvalue weighted by atomic mass is 9.74. The Labute approximate surface area is 200 Å². The second kappa shape index (κ2) is 43.1. The summed E-state index contributed by atoms with van der Waals surface area (Å²) in [4.78, 5) is 0. The van der Waals surface area contributed by atoms with Crippen LogP contribution in [0, 0.1) is 11.3 Å². The summed E-state index contributed by atoms with van der Waals surface area (Å²) in [6.07, 6.45) is 18.8. The fraction of sp³-hybridized carbons (Fsp3) is 1.00. The third-order valence-corrected chi connectivity index (χ3v) is 4.98. The molecule has 2 fully saturated rings. The first-order valence-corrected chi connectivity index (χ1v) is 12.6. The summed E-state index contributed by atoms with van der Waals surface area (Å²) in [5, 5.41) is 0. The Morgan fingerprint density at radius 2 is 0.933 bits per heavy atom. The van der Waals surface area contributed by atoms with Crippen LogP contribution in [0.1, 0.15) is 153 Å². The van der Waals surface area contributed by atoms with E-state index in [1.165, 1.54) is 83.5 Å². The highest BCUT2D eigenvalue weighted by atomic mass is 35.5. The molecule has 0 heterocycles. The van der Waals surface area contributed by atoms with E-state index in [2.05, 4.69) is 48.5 Å². The zero-order valence-corrected chi connectivity index (χ0v) is 24.0. The summed E-state index contributed by atoms with van der Waals surface area (Å²) >= 11 is 0. The van der Waals surface area contributed by atoms with Gasteiger partial charge < -0.3 is 17.4 Å². The van der Waals surface area contributed by atoms with E-state index in [0.717, 1.165) is 17.9 Å². The molecule has 0 bridgehead atoms. The van der Waals surface area contributed by atoms with Gasteiger partial charge in [-0.1, -0.05) is 140 Å². The first kappa shape index (κ1) is 47.8. The van der Waals surface area contributed by atoms with Gasteiger partial charge in [-0.3, -0.25) is 0 Å². The Balaban J connectivity index is -0.0000000447. The van der Waals surface area contributed by atoms with Crippen molar-refractivity contribution in [1.82, 2.24) is 6.15 Å². The van der Waals surface area contributed by atoms with Crippen LogP contribution in [0.15, 0.2) is 0 Å². The molecular weight excluding hydrogens is 392 g/mol. The Morgan fingerprint density at radius 1 is 0.733 bits per heavy atom. The highest BCUT2D eigenvalue weighted by Gasteiger charge is 2.23. The maximum atomic E-state index is 4.85. The summed E-state index contributed by atoms with van der Waals surface area (Å²) < 4.78 is 0. The number of halogens is 1. The molecule has 0 aromatic heterocycles. The third kappa shape index (κ3) is 51.1. The van der Waals surface area contributed by atoms with E-state index in [9.17, 15) is 0 Å². The molecule has 0 saturated heterocycles. The second-order valence-electron chi connectivity index (χ2n) is 8.41. The van der Waals surface area contributed by atoms with Crippen molar-refractivity contribution in [1.29, 1.82) is 0 Å². The average molecular weight is 459 g/mol. The van der Waals surface area contributed by atoms with E-state index in [1.807, 2.05) is 20.8 Å². The first-order valence-electron chi connectivity index (χ1n) is 12.6. The molecule has 0 aromatic rings. The summed E-state index contributed by atoms with van der Waals surface area (Å²) in [7, 11) is 0. The van der Waals surface area contributed by atoms with Gasteiger partial charge in [-0.15, -0.1) is 12.4 Å². The topological polar surface area (TPSA) is 92.5 Å². The molecule has 0 spiro atoms. The summed E-state index contributed by atoms with van der Waals surface area (Å²) in [6.45, 7) is 22.3. The minimum Gasteiger partial charge on any atom is -0.412 e. The van der Waals surface area contributed by atoms with Gasteiger partial charge in [-0.25, -0.2) is 0 Å². The molecule has 7 N–H and O–H groups in total. The van der Waals surface area contributed by atoms with E-state index in [4.69, 9.17) is 5.73 Å². The van der Waals surface area contributed by atoms with Gasteiger partial charge in [0.2, 0.25) is 0 Å². The van der Waals surface area contributed by atoms with Crippen LogP contribution < -0.4 is 11.9 Å². The van der Waals surface area contributed by atoms with Gasteiger partial charge >= 0.3 is 0 Å². The predicted octanol–water partition coefficient (Wildman–Crippen LogP) is 9.54. The van der Waals surface area contributed by atoms with Gasteiger partial charge in [0, 0.05) is 0 Å². The van der Waals surface area contributed by atoms with Crippen LogP contribution in [0.5, 0.6) is 0 Å². The van der Waals surface area contributed by atoms with Gasteiger partial charge in [0.1, 0.15) is 0 Å². The van der Waals surface area contributed by atoms with Crippen molar-refractivity contribution in [2.75, 3.05) is 6.54 Å². The molecule has 0 amide bonds. The molecule has 0 radical (unpaired) electrons. The fourth-order valence-electron chi connectivity index (χ4n) is 2.64. The van der Waals surface area contributed by atoms with E-state index >= 15 is 0 Å². The Bertz CT molecular complexity index is 207. The lowest BCUT2D eigenvalue weighted by molar-refractivity contribution is 0.208. The molecule has 0 aromatic carbocycles. The Morgan fingerprint density at radius 3 is 1.07 bits per heavy atom. The standard InChI is InChI=1S/C9H18.C5H10.C5H12.C3H8.C2H7N.C2H6.ClH.H3N.H2O/c1-3-9(2)7-5-4-6-8-9;1-2-4-5-3-1;1-4-5(2)3;1-3-2;1-2-3;1-2;;;/h3-8H2,1-2H3;1-5H2;5H,4H2,1-3H3;3H2,1-2H3;2-3H2,1H3;1-2H3;1H;1H3;1H2. The van der Waals surface area contributed by atoms with Crippen LogP contribution in [-0.2, 0) is 0 Å². The van der Waals surface area contributed by atoms with Crippen molar-refractivity contribution in [2.24, 2.45) is 17.1 Å². The molecule has 2 aliphatic carbocycles. The zero-order valence-electron chi connectivity index (χ0n) is 23.2. The summed E-state index contributed by atoms with van der Waals surface area (Å²) in [5.41, 5.74) is 5.57.